The van der Waals surface area contributed by atoms with Gasteiger partial charge < -0.3 is 10.2 Å². The highest BCUT2D eigenvalue weighted by atomic mass is 35.5. The normalized spacial score (nSPS) is 24.3. The van der Waals surface area contributed by atoms with E-state index in [1.807, 2.05) is 12.1 Å². The lowest BCUT2D eigenvalue weighted by molar-refractivity contribution is -0.0255. The van der Waals surface area contributed by atoms with Crippen molar-refractivity contribution >= 4 is 33.0 Å². The third-order valence-electron chi connectivity index (χ3n) is 4.27. The van der Waals surface area contributed by atoms with Gasteiger partial charge in [0.25, 0.3) is 0 Å². The van der Waals surface area contributed by atoms with E-state index in [2.05, 4.69) is 17.0 Å². The molecule has 1 saturated heterocycles. The van der Waals surface area contributed by atoms with Crippen LogP contribution in [0.25, 0.3) is 10.1 Å². The minimum absolute atomic E-state index is 0.148. The van der Waals surface area contributed by atoms with Crippen LogP contribution in [0.5, 0.6) is 0 Å². The lowest BCUT2D eigenvalue weighted by Crippen LogP contribution is -2.34. The van der Waals surface area contributed by atoms with Crippen LogP contribution in [0.1, 0.15) is 24.1 Å². The quantitative estimate of drug-likeness (QED) is 0.910. The Bertz CT molecular complexity index is 630. The van der Waals surface area contributed by atoms with Crippen molar-refractivity contribution in [1.29, 1.82) is 0 Å². The summed E-state index contributed by atoms with van der Waals surface area (Å²) in [7, 11) is 0. The molecule has 1 unspecified atom stereocenters. The summed E-state index contributed by atoms with van der Waals surface area (Å²) in [6, 6.07) is 8.21. The van der Waals surface area contributed by atoms with Crippen molar-refractivity contribution in [3.05, 3.63) is 34.2 Å². The van der Waals surface area contributed by atoms with E-state index in [1.165, 1.54) is 9.58 Å². The fourth-order valence-corrected chi connectivity index (χ4v) is 4.46. The summed E-state index contributed by atoms with van der Waals surface area (Å²) in [6.45, 7) is 2.40. The van der Waals surface area contributed by atoms with Crippen LogP contribution in [-0.4, -0.2) is 40.4 Å². The summed E-state index contributed by atoms with van der Waals surface area (Å²) in [5.41, 5.74) is -0.904. The van der Waals surface area contributed by atoms with Crippen LogP contribution in [0.3, 0.4) is 0 Å². The fraction of sp³-hybridized carbons (Fsp3) is 0.500. The van der Waals surface area contributed by atoms with Gasteiger partial charge in [-0.1, -0.05) is 29.8 Å². The summed E-state index contributed by atoms with van der Waals surface area (Å²) in [6.07, 6.45) is 2.19. The highest BCUT2D eigenvalue weighted by Gasteiger charge is 2.29. The molecule has 1 atom stereocenters. The Hall–Kier alpha value is -0.650. The number of aliphatic hydroxyl groups is 2. The van der Waals surface area contributed by atoms with Crippen molar-refractivity contribution < 1.29 is 10.2 Å². The van der Waals surface area contributed by atoms with Gasteiger partial charge in [-0.25, -0.2) is 0 Å². The molecular weight excluding hydrogens is 306 g/mol. The number of hydrogen-bond donors (Lipinski definition) is 2. The van der Waals surface area contributed by atoms with Gasteiger partial charge in [0.05, 0.1) is 17.2 Å². The second-order valence-electron chi connectivity index (χ2n) is 5.85. The largest absolute Gasteiger partial charge is 0.393 e. The first-order chi connectivity index (χ1) is 10.1. The fourth-order valence-electron chi connectivity index (χ4n) is 2.92. The van der Waals surface area contributed by atoms with E-state index in [9.17, 15) is 10.2 Å². The van der Waals surface area contributed by atoms with E-state index < -0.39 is 5.60 Å². The van der Waals surface area contributed by atoms with Crippen molar-refractivity contribution in [2.45, 2.75) is 31.4 Å². The SMILES string of the molecule is OCC1(O)CCCN(Cc2sc3ccccc3c2Cl)CC1. The van der Waals surface area contributed by atoms with Gasteiger partial charge >= 0.3 is 0 Å². The van der Waals surface area contributed by atoms with Crippen LogP contribution in [0.4, 0.5) is 0 Å². The molecule has 0 aliphatic carbocycles. The number of aliphatic hydroxyl groups excluding tert-OH is 1. The van der Waals surface area contributed by atoms with Gasteiger partial charge in [-0.3, -0.25) is 4.90 Å². The topological polar surface area (TPSA) is 43.7 Å². The summed E-state index contributed by atoms with van der Waals surface area (Å²) in [5.74, 6) is 0. The number of hydrogen-bond acceptors (Lipinski definition) is 4. The van der Waals surface area contributed by atoms with Gasteiger partial charge in [-0.05, 0) is 31.9 Å². The Morgan fingerprint density at radius 2 is 2.05 bits per heavy atom. The molecule has 114 valence electrons. The lowest BCUT2D eigenvalue weighted by atomic mass is 9.96. The van der Waals surface area contributed by atoms with E-state index >= 15 is 0 Å². The predicted molar refractivity (Wildman–Crippen MR) is 88.0 cm³/mol. The van der Waals surface area contributed by atoms with Crippen LogP contribution < -0.4 is 0 Å². The summed E-state index contributed by atoms with van der Waals surface area (Å²) < 4.78 is 1.22. The lowest BCUT2D eigenvalue weighted by Gasteiger charge is -2.24. The maximum Gasteiger partial charge on any atom is 0.0890 e. The zero-order chi connectivity index (χ0) is 14.9. The highest BCUT2D eigenvalue weighted by Crippen LogP contribution is 2.36. The summed E-state index contributed by atoms with van der Waals surface area (Å²) in [5, 5.41) is 21.5. The average molecular weight is 326 g/mol. The van der Waals surface area contributed by atoms with Gasteiger partial charge in [0.15, 0.2) is 0 Å². The number of benzene rings is 1. The third-order valence-corrected chi connectivity index (χ3v) is 5.97. The Morgan fingerprint density at radius 3 is 2.81 bits per heavy atom. The van der Waals surface area contributed by atoms with Gasteiger partial charge in [0, 0.05) is 28.1 Å². The molecule has 21 heavy (non-hydrogen) atoms. The third kappa shape index (κ3) is 3.25. The molecule has 1 aliphatic heterocycles. The molecule has 1 aliphatic rings. The summed E-state index contributed by atoms with van der Waals surface area (Å²) in [4.78, 5) is 3.51. The molecule has 0 spiro atoms. The van der Waals surface area contributed by atoms with Gasteiger partial charge in [0.2, 0.25) is 0 Å². The van der Waals surface area contributed by atoms with E-state index in [-0.39, 0.29) is 6.61 Å². The molecule has 1 aromatic carbocycles. The van der Waals surface area contributed by atoms with E-state index in [4.69, 9.17) is 11.6 Å². The maximum atomic E-state index is 10.2. The monoisotopic (exact) mass is 325 g/mol. The van der Waals surface area contributed by atoms with Crippen LogP contribution in [0, 0.1) is 0 Å². The molecule has 5 heteroatoms. The van der Waals surface area contributed by atoms with Crippen LogP contribution in [0.15, 0.2) is 24.3 Å². The zero-order valence-electron chi connectivity index (χ0n) is 11.9. The molecule has 3 nitrogen and oxygen atoms in total. The van der Waals surface area contributed by atoms with Crippen molar-refractivity contribution in [3.8, 4) is 0 Å². The molecule has 2 heterocycles. The Kier molecular flexibility index (Phi) is 4.52. The first-order valence-electron chi connectivity index (χ1n) is 7.33. The van der Waals surface area contributed by atoms with Crippen molar-refractivity contribution in [3.63, 3.8) is 0 Å². The Labute approximate surface area is 133 Å². The number of thiophene rings is 1. The second-order valence-corrected chi connectivity index (χ2v) is 7.36. The molecular formula is C16H20ClNO2S. The molecule has 0 bridgehead atoms. The smallest absolute Gasteiger partial charge is 0.0890 e. The molecule has 1 aromatic heterocycles. The number of fused-ring (bicyclic) bond motifs is 1. The van der Waals surface area contributed by atoms with E-state index in [0.29, 0.717) is 12.8 Å². The number of likely N-dealkylation sites (tertiary alicyclic amines) is 1. The zero-order valence-corrected chi connectivity index (χ0v) is 13.5. The standard InChI is InChI=1S/C16H20ClNO2S/c17-15-12-4-1-2-5-13(12)21-14(15)10-18-8-3-6-16(20,11-19)7-9-18/h1-2,4-5,19-20H,3,6-11H2. The highest BCUT2D eigenvalue weighted by molar-refractivity contribution is 7.19. The summed E-state index contributed by atoms with van der Waals surface area (Å²) >= 11 is 8.24. The van der Waals surface area contributed by atoms with Gasteiger partial charge in [-0.2, -0.15) is 0 Å². The van der Waals surface area contributed by atoms with Crippen LogP contribution in [0.2, 0.25) is 5.02 Å². The molecule has 1 fully saturated rings. The van der Waals surface area contributed by atoms with Crippen LogP contribution in [-0.2, 0) is 6.54 Å². The maximum absolute atomic E-state index is 10.2. The minimum Gasteiger partial charge on any atom is -0.393 e. The van der Waals surface area contributed by atoms with E-state index in [1.54, 1.807) is 11.3 Å². The Balaban J connectivity index is 1.75. The number of rotatable bonds is 3. The number of nitrogens with zero attached hydrogens (tertiary/aromatic N) is 1. The molecule has 0 radical (unpaired) electrons. The average Bonchev–Trinajstić information content (AvgIpc) is 2.68. The Morgan fingerprint density at radius 1 is 1.24 bits per heavy atom. The minimum atomic E-state index is -0.904. The first kappa shape index (κ1) is 15.3. The molecule has 0 saturated carbocycles. The predicted octanol–water partition coefficient (Wildman–Crippen LogP) is 3.26. The van der Waals surface area contributed by atoms with E-state index in [0.717, 1.165) is 36.5 Å². The molecule has 0 amide bonds. The van der Waals surface area contributed by atoms with Crippen molar-refractivity contribution in [2.75, 3.05) is 19.7 Å². The van der Waals surface area contributed by atoms with Crippen LogP contribution >= 0.6 is 22.9 Å². The second kappa shape index (κ2) is 6.23. The van der Waals surface area contributed by atoms with Gasteiger partial charge in [0.1, 0.15) is 0 Å². The van der Waals surface area contributed by atoms with Crippen molar-refractivity contribution in [1.82, 2.24) is 4.90 Å². The number of halogens is 1. The molecule has 2 aromatic rings. The van der Waals surface area contributed by atoms with Gasteiger partial charge in [-0.15, -0.1) is 11.3 Å². The molecule has 2 N–H and O–H groups in total. The first-order valence-corrected chi connectivity index (χ1v) is 8.52. The molecule has 3 rings (SSSR count). The van der Waals surface area contributed by atoms with Crippen molar-refractivity contribution in [2.24, 2.45) is 0 Å².